The average Bonchev–Trinajstić information content (AvgIpc) is 2.63. The van der Waals surface area contributed by atoms with Crippen molar-refractivity contribution in [3.63, 3.8) is 0 Å². The van der Waals surface area contributed by atoms with E-state index in [1.807, 2.05) is 30.3 Å². The minimum Gasteiger partial charge on any atom is -0.497 e. The summed E-state index contributed by atoms with van der Waals surface area (Å²) in [5, 5.41) is 11.9. The van der Waals surface area contributed by atoms with E-state index in [0.29, 0.717) is 0 Å². The van der Waals surface area contributed by atoms with Crippen molar-refractivity contribution >= 4 is 6.09 Å². The summed E-state index contributed by atoms with van der Waals surface area (Å²) < 4.78 is 10.9. The van der Waals surface area contributed by atoms with Crippen molar-refractivity contribution in [3.8, 4) is 22.6 Å². The lowest BCUT2D eigenvalue weighted by Gasteiger charge is -2.40. The molecule has 0 radical (unpaired) electrons. The zero-order chi connectivity index (χ0) is 18.9. The fourth-order valence-electron chi connectivity index (χ4n) is 3.73. The molecule has 5 nitrogen and oxygen atoms in total. The summed E-state index contributed by atoms with van der Waals surface area (Å²) in [7, 11) is 3.29. The molecule has 1 aliphatic carbocycles. The molecular weight excluding hydrogens is 330 g/mol. The van der Waals surface area contributed by atoms with Gasteiger partial charge in [0.2, 0.25) is 0 Å². The van der Waals surface area contributed by atoms with Crippen LogP contribution in [-0.2, 0) is 6.42 Å². The van der Waals surface area contributed by atoms with Crippen LogP contribution in [0.1, 0.15) is 37.4 Å². The second kappa shape index (κ2) is 6.90. The number of fused-ring (bicyclic) bond motifs is 1. The number of hydrogen-bond donors (Lipinski definition) is 2. The third-order valence-electron chi connectivity index (χ3n) is 5.26. The summed E-state index contributed by atoms with van der Waals surface area (Å²) in [6, 6.07) is 11.7. The molecule has 1 aliphatic rings. The Morgan fingerprint density at radius 1 is 1.15 bits per heavy atom. The summed E-state index contributed by atoms with van der Waals surface area (Å²) in [6.45, 7) is 4.21. The molecule has 0 saturated heterocycles. The van der Waals surface area contributed by atoms with E-state index in [4.69, 9.17) is 9.47 Å². The van der Waals surface area contributed by atoms with Gasteiger partial charge in [0, 0.05) is 5.56 Å². The number of methoxy groups -OCH3 is 2. The quantitative estimate of drug-likeness (QED) is 0.837. The van der Waals surface area contributed by atoms with Crippen LogP contribution in [0.25, 0.3) is 11.1 Å². The predicted molar refractivity (Wildman–Crippen MR) is 101 cm³/mol. The van der Waals surface area contributed by atoms with Gasteiger partial charge in [-0.3, -0.25) is 0 Å². The fraction of sp³-hybridized carbons (Fsp3) is 0.381. The van der Waals surface area contributed by atoms with Crippen molar-refractivity contribution in [2.45, 2.75) is 32.7 Å². The van der Waals surface area contributed by atoms with Gasteiger partial charge in [-0.25, -0.2) is 4.79 Å². The molecule has 0 bridgehead atoms. The van der Waals surface area contributed by atoms with Crippen molar-refractivity contribution in [2.24, 2.45) is 5.41 Å². The molecule has 1 unspecified atom stereocenters. The molecule has 0 aromatic heterocycles. The predicted octanol–water partition coefficient (Wildman–Crippen LogP) is 4.65. The molecule has 1 atom stereocenters. The number of rotatable bonds is 4. The van der Waals surface area contributed by atoms with Gasteiger partial charge in [0.15, 0.2) is 0 Å². The molecule has 5 heteroatoms. The molecule has 26 heavy (non-hydrogen) atoms. The SMILES string of the molecule is COc1ccc(OC)c(-c2ccc3c(c2)CCC(C)(C)C3NC(=O)O)c1. The van der Waals surface area contributed by atoms with Gasteiger partial charge in [-0.1, -0.05) is 32.0 Å². The van der Waals surface area contributed by atoms with Crippen LogP contribution in [0.5, 0.6) is 11.5 Å². The van der Waals surface area contributed by atoms with E-state index in [1.54, 1.807) is 14.2 Å². The summed E-state index contributed by atoms with van der Waals surface area (Å²) >= 11 is 0. The Labute approximate surface area is 153 Å². The van der Waals surface area contributed by atoms with Crippen molar-refractivity contribution in [3.05, 3.63) is 47.5 Å². The number of benzene rings is 2. The first-order valence-corrected chi connectivity index (χ1v) is 8.70. The molecule has 0 saturated carbocycles. The lowest BCUT2D eigenvalue weighted by atomic mass is 9.70. The Morgan fingerprint density at radius 2 is 1.92 bits per heavy atom. The van der Waals surface area contributed by atoms with Gasteiger partial charge in [0.25, 0.3) is 0 Å². The molecular formula is C21H25NO4. The first-order chi connectivity index (χ1) is 12.4. The number of amides is 1. The van der Waals surface area contributed by atoms with Crippen LogP contribution in [0.2, 0.25) is 0 Å². The second-order valence-corrected chi connectivity index (χ2v) is 7.35. The van der Waals surface area contributed by atoms with Gasteiger partial charge < -0.3 is 19.9 Å². The lowest BCUT2D eigenvalue weighted by molar-refractivity contribution is 0.161. The highest BCUT2D eigenvalue weighted by molar-refractivity contribution is 5.73. The molecule has 0 heterocycles. The maximum Gasteiger partial charge on any atom is 0.405 e. The number of aryl methyl sites for hydroxylation is 1. The summed E-state index contributed by atoms with van der Waals surface area (Å²) in [5.41, 5.74) is 4.09. The minimum absolute atomic E-state index is 0.124. The molecule has 0 spiro atoms. The van der Waals surface area contributed by atoms with Gasteiger partial charge in [0.1, 0.15) is 11.5 Å². The molecule has 2 aromatic rings. The maximum atomic E-state index is 11.3. The van der Waals surface area contributed by atoms with E-state index in [-0.39, 0.29) is 11.5 Å². The highest BCUT2D eigenvalue weighted by atomic mass is 16.5. The van der Waals surface area contributed by atoms with Crippen molar-refractivity contribution < 1.29 is 19.4 Å². The van der Waals surface area contributed by atoms with Gasteiger partial charge in [0.05, 0.1) is 20.3 Å². The normalized spacial score (nSPS) is 17.9. The van der Waals surface area contributed by atoms with Crippen molar-refractivity contribution in [2.75, 3.05) is 14.2 Å². The van der Waals surface area contributed by atoms with E-state index in [1.165, 1.54) is 5.56 Å². The van der Waals surface area contributed by atoms with Gasteiger partial charge in [-0.2, -0.15) is 0 Å². The topological polar surface area (TPSA) is 67.8 Å². The fourth-order valence-corrected chi connectivity index (χ4v) is 3.73. The number of carboxylic acid groups (broad SMARTS) is 1. The highest BCUT2D eigenvalue weighted by Crippen LogP contribution is 2.45. The van der Waals surface area contributed by atoms with Crippen LogP contribution in [0.3, 0.4) is 0 Å². The zero-order valence-electron chi connectivity index (χ0n) is 15.6. The molecule has 2 aromatic carbocycles. The Hall–Kier alpha value is -2.69. The Balaban J connectivity index is 2.06. The lowest BCUT2D eigenvalue weighted by Crippen LogP contribution is -2.40. The molecule has 138 valence electrons. The first kappa shape index (κ1) is 18.1. The second-order valence-electron chi connectivity index (χ2n) is 7.35. The molecule has 2 N–H and O–H groups in total. The number of nitrogens with one attached hydrogen (secondary N) is 1. The average molecular weight is 355 g/mol. The van der Waals surface area contributed by atoms with Crippen molar-refractivity contribution in [1.82, 2.24) is 5.32 Å². The van der Waals surface area contributed by atoms with Crippen LogP contribution in [-0.4, -0.2) is 25.4 Å². The van der Waals surface area contributed by atoms with E-state index in [2.05, 4.69) is 25.2 Å². The number of hydrogen-bond acceptors (Lipinski definition) is 3. The monoisotopic (exact) mass is 355 g/mol. The maximum absolute atomic E-state index is 11.3. The van der Waals surface area contributed by atoms with Crippen LogP contribution in [0, 0.1) is 5.41 Å². The number of carbonyl (C=O) groups is 1. The molecule has 0 aliphatic heterocycles. The first-order valence-electron chi connectivity index (χ1n) is 8.70. The smallest absolute Gasteiger partial charge is 0.405 e. The zero-order valence-corrected chi connectivity index (χ0v) is 15.6. The third kappa shape index (κ3) is 3.34. The molecule has 0 fully saturated rings. The van der Waals surface area contributed by atoms with Gasteiger partial charge in [-0.15, -0.1) is 0 Å². The van der Waals surface area contributed by atoms with Crippen molar-refractivity contribution in [1.29, 1.82) is 0 Å². The Morgan fingerprint density at radius 3 is 2.58 bits per heavy atom. The largest absolute Gasteiger partial charge is 0.497 e. The highest BCUT2D eigenvalue weighted by Gasteiger charge is 2.37. The number of ether oxygens (including phenoxy) is 2. The van der Waals surface area contributed by atoms with Gasteiger partial charge >= 0.3 is 6.09 Å². The van der Waals surface area contributed by atoms with Crippen LogP contribution < -0.4 is 14.8 Å². The summed E-state index contributed by atoms with van der Waals surface area (Å²) in [4.78, 5) is 11.3. The van der Waals surface area contributed by atoms with Gasteiger partial charge in [-0.05, 0) is 53.1 Å². The summed E-state index contributed by atoms with van der Waals surface area (Å²) in [6.07, 6.45) is 0.846. The van der Waals surface area contributed by atoms with E-state index < -0.39 is 6.09 Å². The van der Waals surface area contributed by atoms with E-state index in [0.717, 1.165) is 41.0 Å². The summed E-state index contributed by atoms with van der Waals surface area (Å²) in [5.74, 6) is 1.55. The van der Waals surface area contributed by atoms with Crippen LogP contribution in [0.4, 0.5) is 4.79 Å². The minimum atomic E-state index is -0.991. The van der Waals surface area contributed by atoms with Crippen LogP contribution >= 0.6 is 0 Å². The third-order valence-corrected chi connectivity index (χ3v) is 5.26. The standard InChI is InChI=1S/C21H25NO4/c1-21(2)10-9-14-11-13(5-7-16(14)19(21)22-20(23)24)17-12-15(25-3)6-8-18(17)26-4/h5-8,11-12,19,22H,9-10H2,1-4H3,(H,23,24). The molecule has 3 rings (SSSR count). The Kier molecular flexibility index (Phi) is 4.81. The van der Waals surface area contributed by atoms with E-state index in [9.17, 15) is 9.90 Å². The Bertz CT molecular complexity index is 829. The molecule has 1 amide bonds. The van der Waals surface area contributed by atoms with Crippen LogP contribution in [0.15, 0.2) is 36.4 Å². The van der Waals surface area contributed by atoms with E-state index >= 15 is 0 Å².